The molecule has 1 atom stereocenters. The zero-order valence-corrected chi connectivity index (χ0v) is 11.2. The van der Waals surface area contributed by atoms with Gasteiger partial charge >= 0.3 is 0 Å². The van der Waals surface area contributed by atoms with Crippen molar-refractivity contribution in [3.8, 4) is 0 Å². The summed E-state index contributed by atoms with van der Waals surface area (Å²) in [5, 5.41) is 7.52. The number of carbonyl (C=O) groups excluding carboxylic acids is 1. The second-order valence-corrected chi connectivity index (χ2v) is 4.82. The van der Waals surface area contributed by atoms with E-state index in [1.54, 1.807) is 4.68 Å². The first-order chi connectivity index (χ1) is 8.56. The number of nitrogens with two attached hydrogens (primary N) is 1. The molecule has 6 heteroatoms. The summed E-state index contributed by atoms with van der Waals surface area (Å²) in [4.78, 5) is 13.9. The summed E-state index contributed by atoms with van der Waals surface area (Å²) < 4.78 is 1.77. The molecule has 0 aromatic carbocycles. The van der Waals surface area contributed by atoms with Gasteiger partial charge in [-0.2, -0.15) is 5.10 Å². The molecule has 6 nitrogen and oxygen atoms in total. The molecule has 2 heterocycles. The fourth-order valence-electron chi connectivity index (χ4n) is 2.83. The summed E-state index contributed by atoms with van der Waals surface area (Å²) in [5.74, 6) is 0.462. The van der Waals surface area contributed by atoms with Crippen LogP contribution in [0.2, 0.25) is 0 Å². The Bertz CT molecular complexity index is 454. The van der Waals surface area contributed by atoms with Crippen molar-refractivity contribution >= 4 is 11.7 Å². The Hall–Kier alpha value is -1.56. The third-order valence-electron chi connectivity index (χ3n) is 3.53. The standard InChI is InChI=1S/C12H21N5O/c1-8-10(11(13)18)12(16(3)15-8)17-6-4-5-9(17)7-14-2/h9,14H,4-7H2,1-3H3,(H2,13,18). The summed E-state index contributed by atoms with van der Waals surface area (Å²) in [7, 11) is 3.81. The number of hydrogen-bond donors (Lipinski definition) is 2. The first-order valence-electron chi connectivity index (χ1n) is 6.31. The van der Waals surface area contributed by atoms with Gasteiger partial charge in [0.2, 0.25) is 0 Å². The third kappa shape index (κ3) is 2.08. The van der Waals surface area contributed by atoms with Crippen molar-refractivity contribution in [1.29, 1.82) is 0 Å². The molecule has 100 valence electrons. The highest BCUT2D eigenvalue weighted by Gasteiger charge is 2.30. The molecule has 1 fully saturated rings. The van der Waals surface area contributed by atoms with Gasteiger partial charge in [-0.15, -0.1) is 0 Å². The minimum atomic E-state index is -0.397. The summed E-state index contributed by atoms with van der Waals surface area (Å²) in [5.41, 5.74) is 6.74. The van der Waals surface area contributed by atoms with Gasteiger partial charge in [-0.3, -0.25) is 9.48 Å². The molecule has 1 unspecified atom stereocenters. The SMILES string of the molecule is CNCC1CCCN1c1c(C(N)=O)c(C)nn1C. The zero-order valence-electron chi connectivity index (χ0n) is 11.2. The lowest BCUT2D eigenvalue weighted by Crippen LogP contribution is -2.38. The predicted molar refractivity (Wildman–Crippen MR) is 70.8 cm³/mol. The van der Waals surface area contributed by atoms with E-state index >= 15 is 0 Å². The normalized spacial score (nSPS) is 19.5. The topological polar surface area (TPSA) is 76.2 Å². The number of rotatable bonds is 4. The van der Waals surface area contributed by atoms with Gasteiger partial charge in [-0.25, -0.2) is 0 Å². The van der Waals surface area contributed by atoms with Gasteiger partial charge in [0.1, 0.15) is 11.4 Å². The van der Waals surface area contributed by atoms with Gasteiger partial charge in [0.05, 0.1) is 5.69 Å². The summed E-state index contributed by atoms with van der Waals surface area (Å²) in [6.45, 7) is 3.68. The van der Waals surface area contributed by atoms with Crippen molar-refractivity contribution in [2.45, 2.75) is 25.8 Å². The molecule has 0 bridgehead atoms. The van der Waals surface area contributed by atoms with Gasteiger partial charge in [0, 0.05) is 26.2 Å². The molecule has 1 aromatic rings. The van der Waals surface area contributed by atoms with Crippen LogP contribution < -0.4 is 16.0 Å². The quantitative estimate of drug-likeness (QED) is 0.790. The number of aryl methyl sites for hydroxylation is 2. The highest BCUT2D eigenvalue weighted by molar-refractivity contribution is 5.99. The molecule has 2 rings (SSSR count). The van der Waals surface area contributed by atoms with Crippen LogP contribution in [0, 0.1) is 6.92 Å². The lowest BCUT2D eigenvalue weighted by molar-refractivity contribution is 0.1000. The average molecular weight is 251 g/mol. The molecule has 1 aromatic heterocycles. The summed E-state index contributed by atoms with van der Waals surface area (Å²) in [6, 6.07) is 0.405. The number of nitrogens with zero attached hydrogens (tertiary/aromatic N) is 3. The first-order valence-corrected chi connectivity index (χ1v) is 6.31. The van der Waals surface area contributed by atoms with Crippen LogP contribution in [0.5, 0.6) is 0 Å². The summed E-state index contributed by atoms with van der Waals surface area (Å²) in [6.07, 6.45) is 2.26. The van der Waals surface area contributed by atoms with Gasteiger partial charge in [-0.1, -0.05) is 0 Å². The monoisotopic (exact) mass is 251 g/mol. The molecule has 1 aliphatic rings. The lowest BCUT2D eigenvalue weighted by atomic mass is 10.2. The maximum absolute atomic E-state index is 11.6. The zero-order chi connectivity index (χ0) is 13.3. The van der Waals surface area contributed by atoms with Gasteiger partial charge < -0.3 is 16.0 Å². The lowest BCUT2D eigenvalue weighted by Gasteiger charge is -2.27. The maximum atomic E-state index is 11.6. The summed E-state index contributed by atoms with van der Waals surface area (Å²) >= 11 is 0. The largest absolute Gasteiger partial charge is 0.365 e. The Balaban J connectivity index is 2.40. The predicted octanol–water partition coefficient (Wildman–Crippen LogP) is 0.0156. The molecule has 18 heavy (non-hydrogen) atoms. The van der Waals surface area contributed by atoms with Crippen LogP contribution in [-0.2, 0) is 7.05 Å². The fraction of sp³-hybridized carbons (Fsp3) is 0.667. The van der Waals surface area contributed by atoms with Crippen LogP contribution in [0.25, 0.3) is 0 Å². The number of aromatic nitrogens is 2. The Morgan fingerprint density at radius 2 is 2.33 bits per heavy atom. The molecule has 0 aliphatic carbocycles. The average Bonchev–Trinajstić information content (AvgIpc) is 2.83. The van der Waals surface area contributed by atoms with E-state index in [1.807, 2.05) is 21.0 Å². The molecule has 1 aliphatic heterocycles. The number of amides is 1. The van der Waals surface area contributed by atoms with Crippen LogP contribution in [0.1, 0.15) is 28.9 Å². The van der Waals surface area contributed by atoms with Crippen LogP contribution in [0.15, 0.2) is 0 Å². The van der Waals surface area contributed by atoms with E-state index in [-0.39, 0.29) is 0 Å². The number of primary amides is 1. The van der Waals surface area contributed by atoms with Crippen LogP contribution in [0.4, 0.5) is 5.82 Å². The maximum Gasteiger partial charge on any atom is 0.254 e. The molecule has 3 N–H and O–H groups in total. The van der Waals surface area contributed by atoms with Crippen molar-refractivity contribution in [2.75, 3.05) is 25.0 Å². The highest BCUT2D eigenvalue weighted by Crippen LogP contribution is 2.29. The van der Waals surface area contributed by atoms with Crippen LogP contribution >= 0.6 is 0 Å². The second-order valence-electron chi connectivity index (χ2n) is 4.82. The molecule has 1 amide bonds. The fourth-order valence-corrected chi connectivity index (χ4v) is 2.83. The number of carbonyl (C=O) groups is 1. The number of likely N-dealkylation sites (N-methyl/N-ethyl adjacent to an activating group) is 1. The molecule has 0 saturated carbocycles. The van der Waals surface area contributed by atoms with Gasteiger partial charge in [0.25, 0.3) is 5.91 Å². The van der Waals surface area contributed by atoms with Crippen molar-refractivity contribution in [3.63, 3.8) is 0 Å². The number of anilines is 1. The highest BCUT2D eigenvalue weighted by atomic mass is 16.1. The molecule has 0 spiro atoms. The Labute approximate surface area is 107 Å². The van der Waals surface area contributed by atoms with E-state index in [0.717, 1.165) is 31.7 Å². The smallest absolute Gasteiger partial charge is 0.254 e. The second kappa shape index (κ2) is 4.97. The first kappa shape index (κ1) is 12.9. The van der Waals surface area contributed by atoms with Crippen molar-refractivity contribution in [1.82, 2.24) is 15.1 Å². The Morgan fingerprint density at radius 1 is 1.61 bits per heavy atom. The number of nitrogens with one attached hydrogen (secondary N) is 1. The van der Waals surface area contributed by atoms with E-state index in [1.165, 1.54) is 0 Å². The van der Waals surface area contributed by atoms with Gasteiger partial charge in [-0.05, 0) is 26.8 Å². The van der Waals surface area contributed by atoms with Crippen LogP contribution in [0.3, 0.4) is 0 Å². The van der Waals surface area contributed by atoms with Gasteiger partial charge in [0.15, 0.2) is 0 Å². The Morgan fingerprint density at radius 3 is 2.94 bits per heavy atom. The van der Waals surface area contributed by atoms with E-state index in [9.17, 15) is 4.79 Å². The molecule has 0 radical (unpaired) electrons. The van der Waals surface area contributed by atoms with Crippen molar-refractivity contribution < 1.29 is 4.79 Å². The minimum absolute atomic E-state index is 0.397. The van der Waals surface area contributed by atoms with E-state index in [2.05, 4.69) is 15.3 Å². The third-order valence-corrected chi connectivity index (χ3v) is 3.53. The van der Waals surface area contributed by atoms with E-state index in [4.69, 9.17) is 5.73 Å². The minimum Gasteiger partial charge on any atom is -0.365 e. The van der Waals surface area contributed by atoms with E-state index < -0.39 is 5.91 Å². The van der Waals surface area contributed by atoms with Crippen LogP contribution in [-0.4, -0.2) is 41.9 Å². The molecule has 1 saturated heterocycles. The molecular weight excluding hydrogens is 230 g/mol. The van der Waals surface area contributed by atoms with Crippen molar-refractivity contribution in [3.05, 3.63) is 11.3 Å². The number of hydrogen-bond acceptors (Lipinski definition) is 4. The van der Waals surface area contributed by atoms with E-state index in [0.29, 0.717) is 17.3 Å². The molecular formula is C12H21N5O. The van der Waals surface area contributed by atoms with Crippen molar-refractivity contribution in [2.24, 2.45) is 12.8 Å². The Kier molecular flexibility index (Phi) is 3.56.